The number of hydrogen-bond acceptors (Lipinski definition) is 3. The Morgan fingerprint density at radius 2 is 1.90 bits per heavy atom. The highest BCUT2D eigenvalue weighted by Crippen LogP contribution is 2.23. The molecule has 0 radical (unpaired) electrons. The molecule has 0 spiro atoms. The van der Waals surface area contributed by atoms with Crippen LogP contribution in [0.15, 0.2) is 18.2 Å². The van der Waals surface area contributed by atoms with E-state index >= 15 is 0 Å². The Bertz CT molecular complexity index is 571. The fraction of sp³-hybridized carbons (Fsp3) is 0.500. The van der Waals surface area contributed by atoms with E-state index in [1.165, 1.54) is 17.0 Å². The van der Waals surface area contributed by atoms with Gasteiger partial charge in [0.1, 0.15) is 11.4 Å². The number of nitrogens with zero attached hydrogens (tertiary/aromatic N) is 1. The number of amides is 1. The van der Waals surface area contributed by atoms with Gasteiger partial charge in [-0.3, -0.25) is 4.79 Å². The van der Waals surface area contributed by atoms with E-state index in [2.05, 4.69) is 0 Å². The lowest BCUT2D eigenvalue weighted by molar-refractivity contribution is 0.00149. The van der Waals surface area contributed by atoms with Crippen LogP contribution < -0.4 is 0 Å². The van der Waals surface area contributed by atoms with Crippen molar-refractivity contribution in [3.05, 3.63) is 35.1 Å². The van der Waals surface area contributed by atoms with Crippen molar-refractivity contribution in [3.8, 4) is 0 Å². The summed E-state index contributed by atoms with van der Waals surface area (Å²) in [6.07, 6.45) is -0.401. The fourth-order valence-corrected chi connectivity index (χ4v) is 2.15. The van der Waals surface area contributed by atoms with Crippen LogP contribution in [0.4, 0.5) is 9.18 Å². The number of carbonyl (C=O) groups is 2. The predicted molar refractivity (Wildman–Crippen MR) is 76.8 cm³/mol. The summed E-state index contributed by atoms with van der Waals surface area (Å²) in [4.78, 5) is 25.5. The van der Waals surface area contributed by atoms with E-state index in [0.717, 1.165) is 0 Å². The molecule has 1 aliphatic heterocycles. The molecule has 1 heterocycles. The van der Waals surface area contributed by atoms with E-state index in [1.54, 1.807) is 33.8 Å². The minimum atomic E-state index is -0.541. The summed E-state index contributed by atoms with van der Waals surface area (Å²) >= 11 is 0. The van der Waals surface area contributed by atoms with Gasteiger partial charge in [-0.15, -0.1) is 0 Å². The highest BCUT2D eigenvalue weighted by Gasteiger charge is 2.38. The van der Waals surface area contributed by atoms with Crippen LogP contribution in [0.3, 0.4) is 0 Å². The molecule has 0 aliphatic carbocycles. The summed E-state index contributed by atoms with van der Waals surface area (Å²) < 4.78 is 18.4. The minimum Gasteiger partial charge on any atom is -0.444 e. The lowest BCUT2D eigenvalue weighted by Crippen LogP contribution is -2.54. The molecule has 2 rings (SSSR count). The maximum Gasteiger partial charge on any atom is 0.410 e. The molecule has 0 unspecified atom stereocenters. The predicted octanol–water partition coefficient (Wildman–Crippen LogP) is 3.18. The van der Waals surface area contributed by atoms with Crippen LogP contribution in [-0.2, 0) is 4.74 Å². The number of aryl methyl sites for hydroxylation is 1. The van der Waals surface area contributed by atoms with Crippen molar-refractivity contribution >= 4 is 11.9 Å². The van der Waals surface area contributed by atoms with Gasteiger partial charge in [0.2, 0.25) is 0 Å². The number of benzene rings is 1. The molecule has 1 aromatic rings. The number of ketones is 1. The molecule has 1 aromatic carbocycles. The molecule has 114 valence electrons. The van der Waals surface area contributed by atoms with Crippen LogP contribution in [0, 0.1) is 18.7 Å². The smallest absolute Gasteiger partial charge is 0.410 e. The first kappa shape index (κ1) is 15.5. The molecule has 0 N–H and O–H groups in total. The molecule has 0 bridgehead atoms. The van der Waals surface area contributed by atoms with Crippen LogP contribution in [0.2, 0.25) is 0 Å². The highest BCUT2D eigenvalue weighted by atomic mass is 19.1. The molecule has 0 atom stereocenters. The van der Waals surface area contributed by atoms with Crippen LogP contribution in [0.5, 0.6) is 0 Å². The molecule has 4 nitrogen and oxygen atoms in total. The van der Waals surface area contributed by atoms with E-state index in [4.69, 9.17) is 4.74 Å². The van der Waals surface area contributed by atoms with Crippen LogP contribution in [0.1, 0.15) is 36.7 Å². The first-order chi connectivity index (χ1) is 9.67. The van der Waals surface area contributed by atoms with E-state index in [-0.39, 0.29) is 17.5 Å². The van der Waals surface area contributed by atoms with Crippen molar-refractivity contribution in [2.75, 3.05) is 13.1 Å². The first-order valence-corrected chi connectivity index (χ1v) is 6.95. The zero-order valence-corrected chi connectivity index (χ0v) is 12.8. The van der Waals surface area contributed by atoms with E-state index in [9.17, 15) is 14.0 Å². The normalized spacial score (nSPS) is 15.6. The summed E-state index contributed by atoms with van der Waals surface area (Å²) in [6.45, 7) is 7.73. The lowest BCUT2D eigenvalue weighted by Gasteiger charge is -2.38. The van der Waals surface area contributed by atoms with Crippen LogP contribution in [-0.4, -0.2) is 35.5 Å². The standard InChI is InChI=1S/C16H20FNO3/c1-10-7-11(5-6-13(10)17)14(19)12-8-18(9-12)15(20)21-16(2,3)4/h5-7,12H,8-9H2,1-4H3. The molecule has 1 amide bonds. The maximum absolute atomic E-state index is 13.2. The number of likely N-dealkylation sites (tertiary alicyclic amines) is 1. The number of ether oxygens (including phenoxy) is 1. The van der Waals surface area contributed by atoms with E-state index in [1.807, 2.05) is 0 Å². The highest BCUT2D eigenvalue weighted by molar-refractivity contribution is 5.99. The topological polar surface area (TPSA) is 46.6 Å². The van der Waals surface area contributed by atoms with Crippen molar-refractivity contribution in [1.29, 1.82) is 0 Å². The van der Waals surface area contributed by atoms with Gasteiger partial charge in [-0.2, -0.15) is 0 Å². The number of rotatable bonds is 2. The molecule has 5 heteroatoms. The Hall–Kier alpha value is -1.91. The Kier molecular flexibility index (Phi) is 4.03. The second-order valence-corrected chi connectivity index (χ2v) is 6.41. The molecule has 1 fully saturated rings. The van der Waals surface area contributed by atoms with Crippen molar-refractivity contribution in [1.82, 2.24) is 4.90 Å². The maximum atomic E-state index is 13.2. The fourth-order valence-electron chi connectivity index (χ4n) is 2.15. The van der Waals surface area contributed by atoms with Gasteiger partial charge in [0.15, 0.2) is 5.78 Å². The summed E-state index contributed by atoms with van der Waals surface area (Å²) in [5.74, 6) is -0.615. The molecule has 21 heavy (non-hydrogen) atoms. The summed E-state index contributed by atoms with van der Waals surface area (Å²) in [5, 5.41) is 0. The molecule has 1 aliphatic rings. The van der Waals surface area contributed by atoms with Gasteiger partial charge < -0.3 is 9.64 Å². The number of carbonyl (C=O) groups excluding carboxylic acids is 2. The van der Waals surface area contributed by atoms with E-state index < -0.39 is 11.7 Å². The second-order valence-electron chi connectivity index (χ2n) is 6.41. The summed E-state index contributed by atoms with van der Waals surface area (Å²) in [6, 6.07) is 4.33. The lowest BCUT2D eigenvalue weighted by atomic mass is 9.90. The average molecular weight is 293 g/mol. The van der Waals surface area contributed by atoms with Crippen LogP contribution in [0.25, 0.3) is 0 Å². The van der Waals surface area contributed by atoms with E-state index in [0.29, 0.717) is 24.2 Å². The molecule has 1 saturated heterocycles. The van der Waals surface area contributed by atoms with Crippen molar-refractivity contribution in [2.45, 2.75) is 33.3 Å². The molecular weight excluding hydrogens is 273 g/mol. The van der Waals surface area contributed by atoms with Gasteiger partial charge in [0.05, 0.1) is 5.92 Å². The van der Waals surface area contributed by atoms with Gasteiger partial charge in [0, 0.05) is 18.7 Å². The van der Waals surface area contributed by atoms with Crippen molar-refractivity contribution < 1.29 is 18.7 Å². The third-order valence-corrected chi connectivity index (χ3v) is 3.35. The van der Waals surface area contributed by atoms with Gasteiger partial charge in [0.25, 0.3) is 0 Å². The van der Waals surface area contributed by atoms with Gasteiger partial charge in [-0.05, 0) is 51.5 Å². The van der Waals surface area contributed by atoms with Crippen LogP contribution >= 0.6 is 0 Å². The Morgan fingerprint density at radius 1 is 1.29 bits per heavy atom. The average Bonchev–Trinajstić information content (AvgIpc) is 2.28. The number of halogens is 1. The third-order valence-electron chi connectivity index (χ3n) is 3.35. The third kappa shape index (κ3) is 3.60. The summed E-state index contributed by atoms with van der Waals surface area (Å²) in [7, 11) is 0. The molecule has 0 saturated carbocycles. The SMILES string of the molecule is Cc1cc(C(=O)C2CN(C(=O)OC(C)(C)C)C2)ccc1F. The zero-order valence-electron chi connectivity index (χ0n) is 12.8. The van der Waals surface area contributed by atoms with Gasteiger partial charge in [-0.25, -0.2) is 9.18 Å². The van der Waals surface area contributed by atoms with Crippen molar-refractivity contribution in [2.24, 2.45) is 5.92 Å². The minimum absolute atomic E-state index is 0.0575. The quantitative estimate of drug-likeness (QED) is 0.787. The van der Waals surface area contributed by atoms with Crippen molar-refractivity contribution in [3.63, 3.8) is 0 Å². The first-order valence-electron chi connectivity index (χ1n) is 6.95. The second kappa shape index (κ2) is 5.47. The zero-order chi connectivity index (χ0) is 15.8. The molecule has 0 aromatic heterocycles. The van der Waals surface area contributed by atoms with Gasteiger partial charge in [-0.1, -0.05) is 0 Å². The monoisotopic (exact) mass is 293 g/mol. The largest absolute Gasteiger partial charge is 0.444 e. The summed E-state index contributed by atoms with van der Waals surface area (Å²) in [5.41, 5.74) is 0.396. The number of hydrogen-bond donors (Lipinski definition) is 0. The Labute approximate surface area is 123 Å². The van der Waals surface area contributed by atoms with Gasteiger partial charge >= 0.3 is 6.09 Å². The number of Topliss-reactive ketones (excluding diaryl/α,β-unsaturated/α-hetero) is 1. The Morgan fingerprint density at radius 3 is 2.43 bits per heavy atom. The Balaban J connectivity index is 1.93. The molecular formula is C16H20FNO3.